The number of amides is 3. The van der Waals surface area contributed by atoms with Crippen LogP contribution in [0, 0.1) is 0 Å². The molecule has 1 aromatic heterocycles. The van der Waals surface area contributed by atoms with Crippen LogP contribution in [0.4, 0.5) is 4.79 Å². The second-order valence-electron chi connectivity index (χ2n) is 6.78. The summed E-state index contributed by atoms with van der Waals surface area (Å²) in [6.07, 6.45) is 1.32. The minimum absolute atomic E-state index is 0.0831. The van der Waals surface area contributed by atoms with Gasteiger partial charge in [0.1, 0.15) is 5.82 Å². The van der Waals surface area contributed by atoms with Crippen molar-refractivity contribution in [3.63, 3.8) is 0 Å². The van der Waals surface area contributed by atoms with Crippen molar-refractivity contribution in [1.29, 1.82) is 0 Å². The van der Waals surface area contributed by atoms with E-state index in [4.69, 9.17) is 11.6 Å². The Morgan fingerprint density at radius 1 is 1.03 bits per heavy atom. The number of carbonyl (C=O) groups is 2. The van der Waals surface area contributed by atoms with Gasteiger partial charge in [-0.25, -0.2) is 4.79 Å². The zero-order valence-corrected chi connectivity index (χ0v) is 17.7. The highest BCUT2D eigenvalue weighted by molar-refractivity contribution is 7.99. The lowest BCUT2D eigenvalue weighted by Gasteiger charge is -2.12. The topological polar surface area (TPSA) is 80.1 Å². The highest BCUT2D eigenvalue weighted by atomic mass is 35.5. The number of imide groups is 1. The number of nitrogens with one attached hydrogen (secondary N) is 1. The standard InChI is InChI=1S/C21H20ClN5O2S/c22-16-7-9-17(10-8-16)27-18(13-15-5-2-1-3-6-15)24-25-21(27)30-12-4-11-26-19(28)14-23-20(26)29/h1-3,5-10H,4,11-14H2,(H,23,29). The summed E-state index contributed by atoms with van der Waals surface area (Å²) in [6, 6.07) is 17.4. The first-order valence-corrected chi connectivity index (χ1v) is 10.9. The molecule has 1 aliphatic rings. The lowest BCUT2D eigenvalue weighted by molar-refractivity contribution is -0.124. The van der Waals surface area contributed by atoms with E-state index >= 15 is 0 Å². The van der Waals surface area contributed by atoms with Gasteiger partial charge in [-0.15, -0.1) is 10.2 Å². The lowest BCUT2D eigenvalue weighted by Crippen LogP contribution is -2.32. The molecule has 3 aromatic rings. The molecule has 1 aliphatic heterocycles. The Labute approximate surface area is 183 Å². The number of nitrogens with zero attached hydrogens (tertiary/aromatic N) is 4. The van der Waals surface area contributed by atoms with Crippen LogP contribution in [0.5, 0.6) is 0 Å². The van der Waals surface area contributed by atoms with Crippen molar-refractivity contribution in [3.05, 3.63) is 71.0 Å². The van der Waals surface area contributed by atoms with Gasteiger partial charge in [0.15, 0.2) is 5.16 Å². The first kappa shape index (κ1) is 20.4. The quantitative estimate of drug-likeness (QED) is 0.328. The molecule has 154 valence electrons. The monoisotopic (exact) mass is 441 g/mol. The Morgan fingerprint density at radius 2 is 1.80 bits per heavy atom. The predicted molar refractivity (Wildman–Crippen MR) is 116 cm³/mol. The summed E-state index contributed by atoms with van der Waals surface area (Å²) >= 11 is 7.61. The number of rotatable bonds is 8. The SMILES string of the molecule is O=C1CNC(=O)N1CCCSc1nnc(Cc2ccccc2)n1-c1ccc(Cl)cc1. The van der Waals surface area contributed by atoms with Crippen LogP contribution in [0.2, 0.25) is 5.02 Å². The maximum Gasteiger partial charge on any atom is 0.324 e. The van der Waals surface area contributed by atoms with Crippen LogP contribution in [0.25, 0.3) is 5.69 Å². The molecule has 0 aliphatic carbocycles. The molecule has 0 saturated carbocycles. The van der Waals surface area contributed by atoms with E-state index in [1.165, 1.54) is 4.90 Å². The zero-order chi connectivity index (χ0) is 20.9. The summed E-state index contributed by atoms with van der Waals surface area (Å²) in [5.41, 5.74) is 2.09. The third-order valence-electron chi connectivity index (χ3n) is 4.68. The maximum atomic E-state index is 11.7. The van der Waals surface area contributed by atoms with E-state index in [2.05, 4.69) is 27.6 Å². The highest BCUT2D eigenvalue weighted by Gasteiger charge is 2.27. The summed E-state index contributed by atoms with van der Waals surface area (Å²) in [4.78, 5) is 24.6. The van der Waals surface area contributed by atoms with Gasteiger partial charge in [0.05, 0.1) is 6.54 Å². The molecular weight excluding hydrogens is 422 g/mol. The number of thioether (sulfide) groups is 1. The van der Waals surface area contributed by atoms with Crippen LogP contribution in [0.15, 0.2) is 59.8 Å². The van der Waals surface area contributed by atoms with Gasteiger partial charge in [-0.2, -0.15) is 0 Å². The summed E-state index contributed by atoms with van der Waals surface area (Å²) in [7, 11) is 0. The van der Waals surface area contributed by atoms with Crippen molar-refractivity contribution in [2.45, 2.75) is 18.0 Å². The number of hydrogen-bond acceptors (Lipinski definition) is 5. The van der Waals surface area contributed by atoms with Gasteiger partial charge in [-0.3, -0.25) is 14.3 Å². The van der Waals surface area contributed by atoms with Crippen LogP contribution >= 0.6 is 23.4 Å². The van der Waals surface area contributed by atoms with E-state index in [1.54, 1.807) is 11.8 Å². The van der Waals surface area contributed by atoms with E-state index in [0.29, 0.717) is 30.2 Å². The molecule has 0 bridgehead atoms. The van der Waals surface area contributed by atoms with Crippen LogP contribution in [-0.2, 0) is 11.2 Å². The van der Waals surface area contributed by atoms with E-state index in [0.717, 1.165) is 22.2 Å². The first-order valence-electron chi connectivity index (χ1n) is 9.57. The predicted octanol–water partition coefficient (Wildman–Crippen LogP) is 3.55. The molecule has 0 spiro atoms. The molecule has 9 heteroatoms. The van der Waals surface area contributed by atoms with Gasteiger partial charge in [-0.1, -0.05) is 53.7 Å². The molecule has 1 fully saturated rings. The van der Waals surface area contributed by atoms with E-state index in [9.17, 15) is 9.59 Å². The smallest absolute Gasteiger partial charge is 0.324 e. The van der Waals surface area contributed by atoms with Crippen molar-refractivity contribution >= 4 is 35.3 Å². The third kappa shape index (κ3) is 4.66. The van der Waals surface area contributed by atoms with Crippen molar-refractivity contribution in [2.24, 2.45) is 0 Å². The Morgan fingerprint density at radius 3 is 2.50 bits per heavy atom. The molecule has 2 aromatic carbocycles. The fourth-order valence-electron chi connectivity index (χ4n) is 3.20. The lowest BCUT2D eigenvalue weighted by atomic mass is 10.1. The second-order valence-corrected chi connectivity index (χ2v) is 8.28. The number of carbonyl (C=O) groups excluding carboxylic acids is 2. The molecule has 1 N–H and O–H groups in total. The van der Waals surface area contributed by atoms with Gasteiger partial charge in [0, 0.05) is 29.4 Å². The number of halogens is 1. The van der Waals surface area contributed by atoms with Gasteiger partial charge >= 0.3 is 6.03 Å². The van der Waals surface area contributed by atoms with Crippen molar-refractivity contribution in [1.82, 2.24) is 25.0 Å². The Balaban J connectivity index is 1.49. The Hall–Kier alpha value is -2.84. The van der Waals surface area contributed by atoms with Crippen molar-refractivity contribution < 1.29 is 9.59 Å². The van der Waals surface area contributed by atoms with Crippen molar-refractivity contribution in [2.75, 3.05) is 18.8 Å². The van der Waals surface area contributed by atoms with Crippen LogP contribution in [-0.4, -0.2) is 50.4 Å². The van der Waals surface area contributed by atoms with Gasteiger partial charge in [0.2, 0.25) is 5.91 Å². The molecule has 4 rings (SSSR count). The summed E-state index contributed by atoms with van der Waals surface area (Å²) < 4.78 is 2.03. The minimum Gasteiger partial charge on any atom is -0.329 e. The van der Waals surface area contributed by atoms with Crippen LogP contribution < -0.4 is 5.32 Å². The number of aromatic nitrogens is 3. The van der Waals surface area contributed by atoms with Crippen LogP contribution in [0.1, 0.15) is 17.8 Å². The normalized spacial score (nSPS) is 13.7. The van der Waals surface area contributed by atoms with Gasteiger partial charge in [0.25, 0.3) is 0 Å². The molecule has 0 radical (unpaired) electrons. The molecule has 3 amide bonds. The zero-order valence-electron chi connectivity index (χ0n) is 16.1. The van der Waals surface area contributed by atoms with Crippen LogP contribution in [0.3, 0.4) is 0 Å². The van der Waals surface area contributed by atoms with Gasteiger partial charge in [-0.05, 0) is 36.2 Å². The summed E-state index contributed by atoms with van der Waals surface area (Å²) in [6.45, 7) is 0.476. The van der Waals surface area contributed by atoms with E-state index in [1.807, 2.05) is 47.0 Å². The van der Waals surface area contributed by atoms with E-state index in [-0.39, 0.29) is 18.5 Å². The number of hydrogen-bond donors (Lipinski definition) is 1. The average molecular weight is 442 g/mol. The van der Waals surface area contributed by atoms with Crippen molar-refractivity contribution in [3.8, 4) is 5.69 Å². The molecule has 1 saturated heterocycles. The molecule has 2 heterocycles. The van der Waals surface area contributed by atoms with Gasteiger partial charge < -0.3 is 5.32 Å². The largest absolute Gasteiger partial charge is 0.329 e. The Bertz CT molecular complexity index is 1020. The first-order chi connectivity index (χ1) is 14.6. The molecule has 7 nitrogen and oxygen atoms in total. The number of urea groups is 1. The number of benzene rings is 2. The maximum absolute atomic E-state index is 11.7. The summed E-state index contributed by atoms with van der Waals surface area (Å²) in [5, 5.41) is 12.8. The fraction of sp³-hybridized carbons (Fsp3) is 0.238. The second kappa shape index (κ2) is 9.32. The minimum atomic E-state index is -0.320. The third-order valence-corrected chi connectivity index (χ3v) is 5.95. The molecule has 0 atom stereocenters. The molecule has 0 unspecified atom stereocenters. The Kier molecular flexibility index (Phi) is 6.35. The molecule has 30 heavy (non-hydrogen) atoms. The van der Waals surface area contributed by atoms with E-state index < -0.39 is 0 Å². The average Bonchev–Trinajstić information content (AvgIpc) is 3.30. The fourth-order valence-corrected chi connectivity index (χ4v) is 4.22. The highest BCUT2D eigenvalue weighted by Crippen LogP contribution is 2.25. The molecular formula is C21H20ClN5O2S. The summed E-state index contributed by atoms with van der Waals surface area (Å²) in [5.74, 6) is 1.35.